The molecule has 1 aliphatic rings. The van der Waals surface area contributed by atoms with Gasteiger partial charge in [0.1, 0.15) is 0 Å². The van der Waals surface area contributed by atoms with Crippen LogP contribution < -0.4 is 0 Å². The molecule has 1 fully saturated rings. The lowest BCUT2D eigenvalue weighted by atomic mass is 9.43. The van der Waals surface area contributed by atoms with Crippen LogP contribution in [-0.4, -0.2) is 33.2 Å². The molecule has 0 aromatic carbocycles. The lowest BCUT2D eigenvalue weighted by Gasteiger charge is -2.62. The zero-order chi connectivity index (χ0) is 24.9. The summed E-state index contributed by atoms with van der Waals surface area (Å²) in [5.41, 5.74) is -0.438. The molecule has 6 nitrogen and oxygen atoms in total. The lowest BCUT2D eigenvalue weighted by Crippen LogP contribution is -2.54. The van der Waals surface area contributed by atoms with Gasteiger partial charge >= 0.3 is 17.9 Å². The summed E-state index contributed by atoms with van der Waals surface area (Å²) in [7, 11) is 0. The van der Waals surface area contributed by atoms with Crippen LogP contribution in [0.5, 0.6) is 0 Å². The number of carboxylic acid groups (broad SMARTS) is 3. The summed E-state index contributed by atoms with van der Waals surface area (Å²) >= 11 is 0. The fourth-order valence-corrected chi connectivity index (χ4v) is 6.93. The van der Waals surface area contributed by atoms with Crippen LogP contribution in [0.3, 0.4) is 0 Å². The summed E-state index contributed by atoms with van der Waals surface area (Å²) in [4.78, 5) is 34.9. The van der Waals surface area contributed by atoms with E-state index in [1.165, 1.54) is 0 Å². The van der Waals surface area contributed by atoms with E-state index < -0.39 is 17.9 Å². The molecule has 4 atom stereocenters. The number of aliphatic carboxylic acids is 3. The van der Waals surface area contributed by atoms with Gasteiger partial charge in [0, 0.05) is 19.3 Å². The molecule has 6 heteroatoms. The highest BCUT2D eigenvalue weighted by atomic mass is 16.4. The standard InChI is InChI=1S/C27H48O6/c1-4-7-10-22-21(11-12-23(28)29)13-18-26(16-8-5-2,19-14-24(30)31)27(22,17-9-6-3)20-15-25(32)33/h21-22H,4-20H2,1-3H3,(H,28,29)(H,30,31)(H,32,33). The normalized spacial score (nSPS) is 27.4. The van der Waals surface area contributed by atoms with Crippen LogP contribution >= 0.6 is 0 Å². The summed E-state index contributed by atoms with van der Waals surface area (Å²) in [6, 6.07) is 0. The molecule has 3 N–H and O–H groups in total. The maximum absolute atomic E-state index is 11.8. The first-order chi connectivity index (χ1) is 15.7. The van der Waals surface area contributed by atoms with E-state index >= 15 is 0 Å². The Balaban J connectivity index is 3.62. The molecular formula is C27H48O6. The van der Waals surface area contributed by atoms with Crippen molar-refractivity contribution < 1.29 is 29.7 Å². The summed E-state index contributed by atoms with van der Waals surface area (Å²) in [5, 5.41) is 28.6. The Bertz CT molecular complexity index is 618. The average Bonchev–Trinajstić information content (AvgIpc) is 2.77. The van der Waals surface area contributed by atoms with Crippen LogP contribution in [0.1, 0.15) is 130 Å². The zero-order valence-electron chi connectivity index (χ0n) is 21.2. The van der Waals surface area contributed by atoms with Crippen molar-refractivity contribution in [2.24, 2.45) is 22.7 Å². The Labute approximate surface area is 200 Å². The molecule has 0 aromatic heterocycles. The Morgan fingerprint density at radius 1 is 0.697 bits per heavy atom. The van der Waals surface area contributed by atoms with Gasteiger partial charge in [-0.15, -0.1) is 0 Å². The predicted molar refractivity (Wildman–Crippen MR) is 130 cm³/mol. The van der Waals surface area contributed by atoms with Crippen LogP contribution in [0.2, 0.25) is 0 Å². The summed E-state index contributed by atoms with van der Waals surface area (Å²) in [5.74, 6) is -1.84. The first-order valence-corrected chi connectivity index (χ1v) is 13.3. The quantitative estimate of drug-likeness (QED) is 0.197. The molecule has 0 saturated heterocycles. The largest absolute Gasteiger partial charge is 0.481 e. The third kappa shape index (κ3) is 8.29. The highest BCUT2D eigenvalue weighted by molar-refractivity contribution is 5.67. The lowest BCUT2D eigenvalue weighted by molar-refractivity contribution is -0.152. The molecule has 0 spiro atoms. The average molecular weight is 469 g/mol. The van der Waals surface area contributed by atoms with E-state index in [-0.39, 0.29) is 41.9 Å². The molecule has 1 aliphatic carbocycles. The molecule has 1 rings (SSSR count). The SMILES string of the molecule is CCCCC1C(CCC(=O)O)CCC(CCCC)(CCC(=O)O)C1(CCCC)CCC(=O)O. The highest BCUT2D eigenvalue weighted by Crippen LogP contribution is 2.66. The maximum atomic E-state index is 11.8. The predicted octanol–water partition coefficient (Wildman–Crippen LogP) is 7.15. The van der Waals surface area contributed by atoms with Crippen molar-refractivity contribution in [2.45, 2.75) is 130 Å². The van der Waals surface area contributed by atoms with Crippen LogP contribution in [0.15, 0.2) is 0 Å². The third-order valence-electron chi connectivity index (χ3n) is 8.51. The zero-order valence-corrected chi connectivity index (χ0v) is 21.2. The van der Waals surface area contributed by atoms with Gasteiger partial charge in [-0.1, -0.05) is 59.3 Å². The van der Waals surface area contributed by atoms with Gasteiger partial charge in [0.25, 0.3) is 0 Å². The number of carbonyl (C=O) groups is 3. The van der Waals surface area contributed by atoms with E-state index in [2.05, 4.69) is 20.8 Å². The number of carboxylic acids is 3. The fraction of sp³-hybridized carbons (Fsp3) is 0.889. The van der Waals surface area contributed by atoms with Crippen molar-refractivity contribution >= 4 is 17.9 Å². The van der Waals surface area contributed by atoms with Crippen LogP contribution in [-0.2, 0) is 14.4 Å². The van der Waals surface area contributed by atoms with Gasteiger partial charge in [-0.25, -0.2) is 0 Å². The van der Waals surface area contributed by atoms with Gasteiger partial charge < -0.3 is 15.3 Å². The second-order valence-corrected chi connectivity index (χ2v) is 10.4. The van der Waals surface area contributed by atoms with Gasteiger partial charge in [-0.2, -0.15) is 0 Å². The summed E-state index contributed by atoms with van der Waals surface area (Å²) in [6.07, 6.45) is 12.9. The molecule has 0 radical (unpaired) electrons. The summed E-state index contributed by atoms with van der Waals surface area (Å²) in [6.45, 7) is 6.47. The minimum atomic E-state index is -0.796. The highest BCUT2D eigenvalue weighted by Gasteiger charge is 2.57. The Morgan fingerprint density at radius 3 is 1.79 bits per heavy atom. The van der Waals surface area contributed by atoms with Crippen molar-refractivity contribution in [1.29, 1.82) is 0 Å². The molecule has 0 aromatic rings. The van der Waals surface area contributed by atoms with Crippen molar-refractivity contribution in [3.63, 3.8) is 0 Å². The third-order valence-corrected chi connectivity index (χ3v) is 8.51. The number of hydrogen-bond donors (Lipinski definition) is 3. The second-order valence-electron chi connectivity index (χ2n) is 10.4. The molecule has 192 valence electrons. The van der Waals surface area contributed by atoms with Gasteiger partial charge in [0.15, 0.2) is 0 Å². The van der Waals surface area contributed by atoms with E-state index in [1.807, 2.05) is 0 Å². The van der Waals surface area contributed by atoms with Crippen LogP contribution in [0.4, 0.5) is 0 Å². The minimum absolute atomic E-state index is 0.0962. The minimum Gasteiger partial charge on any atom is -0.481 e. The van der Waals surface area contributed by atoms with Crippen molar-refractivity contribution in [3.8, 4) is 0 Å². The number of unbranched alkanes of at least 4 members (excludes halogenated alkanes) is 3. The molecule has 0 aliphatic heterocycles. The van der Waals surface area contributed by atoms with Gasteiger partial charge in [-0.3, -0.25) is 14.4 Å². The monoisotopic (exact) mass is 468 g/mol. The molecule has 0 heterocycles. The van der Waals surface area contributed by atoms with Gasteiger partial charge in [0.05, 0.1) is 0 Å². The number of hydrogen-bond acceptors (Lipinski definition) is 3. The van der Waals surface area contributed by atoms with Crippen molar-refractivity contribution in [3.05, 3.63) is 0 Å². The second kappa shape index (κ2) is 14.6. The topological polar surface area (TPSA) is 112 Å². The first-order valence-electron chi connectivity index (χ1n) is 13.3. The molecule has 33 heavy (non-hydrogen) atoms. The van der Waals surface area contributed by atoms with Crippen molar-refractivity contribution in [2.75, 3.05) is 0 Å². The molecule has 0 amide bonds. The Kier molecular flexibility index (Phi) is 13.0. The molecule has 4 unspecified atom stereocenters. The molecule has 1 saturated carbocycles. The van der Waals surface area contributed by atoms with Gasteiger partial charge in [-0.05, 0) is 74.0 Å². The fourth-order valence-electron chi connectivity index (χ4n) is 6.93. The van der Waals surface area contributed by atoms with Crippen LogP contribution in [0, 0.1) is 22.7 Å². The van der Waals surface area contributed by atoms with Crippen LogP contribution in [0.25, 0.3) is 0 Å². The summed E-state index contributed by atoms with van der Waals surface area (Å²) < 4.78 is 0. The number of rotatable bonds is 18. The maximum Gasteiger partial charge on any atom is 0.303 e. The Hall–Kier alpha value is -1.59. The smallest absolute Gasteiger partial charge is 0.303 e. The van der Waals surface area contributed by atoms with E-state index in [1.54, 1.807) is 0 Å². The first kappa shape index (κ1) is 29.4. The molecule has 0 bridgehead atoms. The molecular weight excluding hydrogens is 420 g/mol. The van der Waals surface area contributed by atoms with Crippen molar-refractivity contribution in [1.82, 2.24) is 0 Å². The van der Waals surface area contributed by atoms with E-state index in [9.17, 15) is 29.7 Å². The van der Waals surface area contributed by atoms with E-state index in [0.29, 0.717) is 19.3 Å². The van der Waals surface area contributed by atoms with E-state index in [0.717, 1.165) is 70.6 Å². The Morgan fingerprint density at radius 2 is 1.24 bits per heavy atom. The van der Waals surface area contributed by atoms with E-state index in [4.69, 9.17) is 0 Å². The van der Waals surface area contributed by atoms with Gasteiger partial charge in [0.2, 0.25) is 0 Å².